The Hall–Kier alpha value is -2.08. The highest BCUT2D eigenvalue weighted by Gasteiger charge is 2.24. The van der Waals surface area contributed by atoms with Gasteiger partial charge in [-0.15, -0.1) is 0 Å². The van der Waals surface area contributed by atoms with Crippen LogP contribution in [0.2, 0.25) is 0 Å². The van der Waals surface area contributed by atoms with E-state index in [2.05, 4.69) is 68.1 Å². The highest BCUT2D eigenvalue weighted by atomic mass is 16.3. The number of phenols is 1. The van der Waals surface area contributed by atoms with E-state index in [0.29, 0.717) is 24.7 Å². The first-order valence-corrected chi connectivity index (χ1v) is 8.19. The lowest BCUT2D eigenvalue weighted by Crippen LogP contribution is -2.22. The van der Waals surface area contributed by atoms with Gasteiger partial charge in [-0.3, -0.25) is 4.98 Å². The molecule has 1 heterocycles. The zero-order valence-electron chi connectivity index (χ0n) is 15.4. The van der Waals surface area contributed by atoms with Crippen molar-refractivity contribution in [3.8, 4) is 5.75 Å². The van der Waals surface area contributed by atoms with Gasteiger partial charge < -0.3 is 10.4 Å². The van der Waals surface area contributed by atoms with Gasteiger partial charge in [-0.05, 0) is 28.0 Å². The zero-order chi connectivity index (χ0) is 18.1. The van der Waals surface area contributed by atoms with Gasteiger partial charge in [0, 0.05) is 12.1 Å². The second-order valence-corrected chi connectivity index (χ2v) is 8.25. The number of H-pyrrole nitrogens is 2. The number of aromatic nitrogens is 3. The molecule has 0 bridgehead atoms. The molecule has 4 N–H and O–H groups in total. The van der Waals surface area contributed by atoms with Crippen molar-refractivity contribution in [1.29, 1.82) is 0 Å². The van der Waals surface area contributed by atoms with Crippen molar-refractivity contribution in [1.82, 2.24) is 20.5 Å². The molecule has 0 amide bonds. The number of nitrogens with zero attached hydrogens (tertiary/aromatic N) is 1. The number of aromatic hydroxyl groups is 1. The average Bonchev–Trinajstić information content (AvgIpc) is 2.83. The van der Waals surface area contributed by atoms with Crippen LogP contribution in [0.25, 0.3) is 0 Å². The standard InChI is InChI=1S/C18H28N4O2/c1-17(2,3)11-7-13(18(4,5)6)12(14(23)8-11)9-19-10-15-20-16(24)22-21-15/h7-8,19,23H,9-10H2,1-6H3,(H2,20,21,22,24). The van der Waals surface area contributed by atoms with Gasteiger partial charge in [0.15, 0.2) is 0 Å². The van der Waals surface area contributed by atoms with Crippen molar-refractivity contribution < 1.29 is 5.11 Å². The summed E-state index contributed by atoms with van der Waals surface area (Å²) in [6, 6.07) is 4.04. The van der Waals surface area contributed by atoms with Gasteiger partial charge in [-0.25, -0.2) is 9.89 Å². The van der Waals surface area contributed by atoms with E-state index in [9.17, 15) is 9.90 Å². The Labute approximate surface area is 142 Å². The van der Waals surface area contributed by atoms with E-state index in [0.717, 1.165) is 16.7 Å². The molecule has 1 aromatic heterocycles. The average molecular weight is 332 g/mol. The van der Waals surface area contributed by atoms with Crippen LogP contribution in [0.3, 0.4) is 0 Å². The van der Waals surface area contributed by atoms with Crippen LogP contribution in [0.15, 0.2) is 16.9 Å². The van der Waals surface area contributed by atoms with Crippen LogP contribution in [0, 0.1) is 0 Å². The van der Waals surface area contributed by atoms with E-state index < -0.39 is 0 Å². The maximum Gasteiger partial charge on any atom is 0.340 e. The molecule has 0 spiro atoms. The van der Waals surface area contributed by atoms with Crippen molar-refractivity contribution in [2.75, 3.05) is 0 Å². The molecule has 1 aromatic carbocycles. The number of benzene rings is 1. The van der Waals surface area contributed by atoms with Gasteiger partial charge in [-0.2, -0.15) is 5.10 Å². The molecule has 2 aromatic rings. The highest BCUT2D eigenvalue weighted by molar-refractivity contribution is 5.47. The summed E-state index contributed by atoms with van der Waals surface area (Å²) < 4.78 is 0. The molecule has 0 saturated carbocycles. The SMILES string of the molecule is CC(C)(C)c1cc(O)c(CNCc2n[nH]c(=O)[nH]2)c(C(C)(C)C)c1. The third-order valence-corrected chi connectivity index (χ3v) is 4.04. The smallest absolute Gasteiger partial charge is 0.340 e. The number of nitrogens with one attached hydrogen (secondary N) is 3. The fraction of sp³-hybridized carbons (Fsp3) is 0.556. The molecule has 0 saturated heterocycles. The van der Waals surface area contributed by atoms with Crippen LogP contribution >= 0.6 is 0 Å². The van der Waals surface area contributed by atoms with E-state index in [-0.39, 0.29) is 16.5 Å². The largest absolute Gasteiger partial charge is 0.508 e. The van der Waals surface area contributed by atoms with Crippen molar-refractivity contribution in [2.45, 2.75) is 65.5 Å². The summed E-state index contributed by atoms with van der Waals surface area (Å²) in [6.45, 7) is 13.8. The molecular weight excluding hydrogens is 304 g/mol. The quantitative estimate of drug-likeness (QED) is 0.692. The highest BCUT2D eigenvalue weighted by Crippen LogP contribution is 2.36. The van der Waals surface area contributed by atoms with E-state index in [1.807, 2.05) is 6.07 Å². The molecule has 0 fully saturated rings. The van der Waals surface area contributed by atoms with Crippen molar-refractivity contribution in [2.24, 2.45) is 0 Å². The van der Waals surface area contributed by atoms with Gasteiger partial charge in [0.25, 0.3) is 0 Å². The summed E-state index contributed by atoms with van der Waals surface area (Å²) >= 11 is 0. The Bertz CT molecular complexity index is 761. The topological polar surface area (TPSA) is 93.8 Å². The first-order chi connectivity index (χ1) is 11.0. The van der Waals surface area contributed by atoms with Crippen molar-refractivity contribution >= 4 is 0 Å². The second kappa shape index (κ2) is 6.43. The first-order valence-electron chi connectivity index (χ1n) is 8.19. The zero-order valence-corrected chi connectivity index (χ0v) is 15.4. The Morgan fingerprint density at radius 2 is 1.75 bits per heavy atom. The maximum absolute atomic E-state index is 11.1. The molecule has 0 atom stereocenters. The van der Waals surface area contributed by atoms with Crippen LogP contribution < -0.4 is 11.0 Å². The van der Waals surface area contributed by atoms with E-state index in [4.69, 9.17) is 0 Å². The molecule has 0 aliphatic heterocycles. The van der Waals surface area contributed by atoms with Crippen molar-refractivity contribution in [3.05, 3.63) is 45.1 Å². The lowest BCUT2D eigenvalue weighted by molar-refractivity contribution is 0.451. The summed E-state index contributed by atoms with van der Waals surface area (Å²) in [7, 11) is 0. The molecule has 2 rings (SSSR count). The fourth-order valence-corrected chi connectivity index (χ4v) is 2.64. The third kappa shape index (κ3) is 4.26. The normalized spacial score (nSPS) is 12.6. The number of aromatic amines is 2. The lowest BCUT2D eigenvalue weighted by Gasteiger charge is -2.28. The second-order valence-electron chi connectivity index (χ2n) is 8.25. The Kier molecular flexibility index (Phi) is 4.90. The van der Waals surface area contributed by atoms with Gasteiger partial charge in [0.05, 0.1) is 6.54 Å². The molecule has 0 unspecified atom stereocenters. The van der Waals surface area contributed by atoms with E-state index >= 15 is 0 Å². The summed E-state index contributed by atoms with van der Waals surface area (Å²) in [4.78, 5) is 13.7. The number of hydrogen-bond acceptors (Lipinski definition) is 4. The number of hydrogen-bond donors (Lipinski definition) is 4. The summed E-state index contributed by atoms with van der Waals surface area (Å²) in [5.41, 5.74) is 2.68. The molecule has 6 nitrogen and oxygen atoms in total. The maximum atomic E-state index is 11.1. The van der Waals surface area contributed by atoms with Gasteiger partial charge >= 0.3 is 5.69 Å². The molecule has 24 heavy (non-hydrogen) atoms. The predicted molar refractivity (Wildman–Crippen MR) is 95.3 cm³/mol. The molecule has 0 radical (unpaired) electrons. The van der Waals surface area contributed by atoms with Crippen LogP contribution in [0.5, 0.6) is 5.75 Å². The lowest BCUT2D eigenvalue weighted by atomic mass is 9.78. The third-order valence-electron chi connectivity index (χ3n) is 4.04. The summed E-state index contributed by atoms with van der Waals surface area (Å²) in [5, 5.41) is 20.0. The Balaban J connectivity index is 2.29. The van der Waals surface area contributed by atoms with E-state index in [1.54, 1.807) is 0 Å². The van der Waals surface area contributed by atoms with Crippen LogP contribution in [-0.2, 0) is 23.9 Å². The molecular formula is C18H28N4O2. The van der Waals surface area contributed by atoms with Crippen LogP contribution in [-0.4, -0.2) is 20.3 Å². The minimum Gasteiger partial charge on any atom is -0.508 e. The van der Waals surface area contributed by atoms with Crippen LogP contribution in [0.4, 0.5) is 0 Å². The van der Waals surface area contributed by atoms with Gasteiger partial charge in [0.1, 0.15) is 11.6 Å². The fourth-order valence-electron chi connectivity index (χ4n) is 2.64. The van der Waals surface area contributed by atoms with Crippen molar-refractivity contribution in [3.63, 3.8) is 0 Å². The number of phenolic OH excluding ortho intramolecular Hbond substituents is 1. The minimum atomic E-state index is -0.320. The molecule has 6 heteroatoms. The predicted octanol–water partition coefficient (Wildman–Crippen LogP) is 2.69. The molecule has 0 aliphatic rings. The molecule has 132 valence electrons. The summed E-state index contributed by atoms with van der Waals surface area (Å²) in [6.07, 6.45) is 0. The Morgan fingerprint density at radius 3 is 2.25 bits per heavy atom. The minimum absolute atomic E-state index is 0.0298. The monoisotopic (exact) mass is 332 g/mol. The first kappa shape index (κ1) is 18.3. The van der Waals surface area contributed by atoms with E-state index in [1.165, 1.54) is 0 Å². The van der Waals surface area contributed by atoms with Gasteiger partial charge in [-0.1, -0.05) is 47.6 Å². The Morgan fingerprint density at radius 1 is 1.08 bits per heavy atom. The van der Waals surface area contributed by atoms with Gasteiger partial charge in [0.2, 0.25) is 0 Å². The number of rotatable bonds is 4. The summed E-state index contributed by atoms with van der Waals surface area (Å²) in [5.74, 6) is 0.846. The van der Waals surface area contributed by atoms with Crippen LogP contribution in [0.1, 0.15) is 64.1 Å². The molecule has 0 aliphatic carbocycles.